The van der Waals surface area contributed by atoms with Crippen LogP contribution in [0.5, 0.6) is 5.75 Å². The first-order valence-corrected chi connectivity index (χ1v) is 7.20. The highest BCUT2D eigenvalue weighted by Crippen LogP contribution is 2.42. The molecule has 21 heavy (non-hydrogen) atoms. The Morgan fingerprint density at radius 3 is 1.86 bits per heavy atom. The van der Waals surface area contributed by atoms with Crippen molar-refractivity contribution in [3.05, 3.63) is 35.4 Å². The molecule has 0 spiro atoms. The molecule has 2 aliphatic rings. The Balaban J connectivity index is 1.92. The number of benzene rings is 1. The number of carbonyl (C=O) groups excluding carboxylic acids is 2. The molecule has 4 nitrogen and oxygen atoms in total. The minimum Gasteiger partial charge on any atom is -0.497 e. The van der Waals surface area contributed by atoms with Gasteiger partial charge in [0.1, 0.15) is 5.75 Å². The van der Waals surface area contributed by atoms with E-state index in [1.54, 1.807) is 31.4 Å². The molecule has 1 aromatic rings. The van der Waals surface area contributed by atoms with Gasteiger partial charge >= 0.3 is 0 Å². The van der Waals surface area contributed by atoms with E-state index in [0.29, 0.717) is 24.3 Å². The third kappa shape index (κ3) is 2.15. The van der Waals surface area contributed by atoms with Crippen LogP contribution in [0.3, 0.4) is 0 Å². The quantitative estimate of drug-likeness (QED) is 0.620. The van der Waals surface area contributed by atoms with Crippen LogP contribution < -0.4 is 9.64 Å². The zero-order chi connectivity index (χ0) is 15.1. The lowest BCUT2D eigenvalue weighted by Crippen LogP contribution is -2.30. The Morgan fingerprint density at radius 2 is 1.43 bits per heavy atom. The van der Waals surface area contributed by atoms with E-state index in [1.807, 2.05) is 0 Å². The SMILES string of the molecule is COc1ccc(N2C(=O)C3CC(C)=C(C)CC3C2=O)cc1. The normalized spacial score (nSPS) is 25.4. The number of nitrogens with zero attached hydrogens (tertiary/aromatic N) is 1. The number of hydrogen-bond donors (Lipinski definition) is 0. The molecule has 2 atom stereocenters. The van der Waals surface area contributed by atoms with Crippen LogP contribution in [0.25, 0.3) is 0 Å². The predicted octanol–water partition coefficient (Wildman–Crippen LogP) is 2.93. The van der Waals surface area contributed by atoms with Gasteiger partial charge in [-0.05, 0) is 51.0 Å². The number of hydrogen-bond acceptors (Lipinski definition) is 3. The molecule has 1 heterocycles. The van der Waals surface area contributed by atoms with Crippen molar-refractivity contribution in [1.29, 1.82) is 0 Å². The lowest BCUT2D eigenvalue weighted by molar-refractivity contribution is -0.122. The molecular formula is C17H19NO3. The van der Waals surface area contributed by atoms with Gasteiger partial charge in [0, 0.05) is 0 Å². The minimum absolute atomic E-state index is 0.0676. The molecule has 0 bridgehead atoms. The van der Waals surface area contributed by atoms with Crippen molar-refractivity contribution in [2.45, 2.75) is 26.7 Å². The highest BCUT2D eigenvalue weighted by molar-refractivity contribution is 6.22. The minimum atomic E-state index is -0.191. The first-order valence-electron chi connectivity index (χ1n) is 7.20. The molecule has 1 aliphatic carbocycles. The summed E-state index contributed by atoms with van der Waals surface area (Å²) in [6, 6.07) is 7.07. The summed E-state index contributed by atoms with van der Waals surface area (Å²) in [6.45, 7) is 4.11. The van der Waals surface area contributed by atoms with Gasteiger partial charge in [-0.2, -0.15) is 0 Å². The van der Waals surface area contributed by atoms with Crippen LogP contribution in [0.4, 0.5) is 5.69 Å². The molecule has 3 rings (SSSR count). The fourth-order valence-corrected chi connectivity index (χ4v) is 3.24. The zero-order valence-electron chi connectivity index (χ0n) is 12.6. The van der Waals surface area contributed by atoms with E-state index < -0.39 is 0 Å². The van der Waals surface area contributed by atoms with Crippen molar-refractivity contribution in [3.63, 3.8) is 0 Å². The van der Waals surface area contributed by atoms with Crippen molar-refractivity contribution in [3.8, 4) is 5.75 Å². The molecule has 110 valence electrons. The number of carbonyl (C=O) groups is 2. The van der Waals surface area contributed by atoms with Crippen LogP contribution in [-0.2, 0) is 9.59 Å². The number of methoxy groups -OCH3 is 1. The Morgan fingerprint density at radius 1 is 0.952 bits per heavy atom. The average Bonchev–Trinajstić information content (AvgIpc) is 2.72. The van der Waals surface area contributed by atoms with Gasteiger partial charge in [-0.25, -0.2) is 0 Å². The van der Waals surface area contributed by atoms with Gasteiger partial charge in [0.15, 0.2) is 0 Å². The van der Waals surface area contributed by atoms with Crippen molar-refractivity contribution in [1.82, 2.24) is 0 Å². The third-order valence-electron chi connectivity index (χ3n) is 4.67. The van der Waals surface area contributed by atoms with Gasteiger partial charge in [0.2, 0.25) is 11.8 Å². The van der Waals surface area contributed by atoms with Crippen LogP contribution in [0, 0.1) is 11.8 Å². The molecule has 4 heteroatoms. The maximum atomic E-state index is 12.6. The van der Waals surface area contributed by atoms with E-state index in [9.17, 15) is 9.59 Å². The number of rotatable bonds is 2. The Bertz CT molecular complexity index is 598. The first kappa shape index (κ1) is 13.9. The van der Waals surface area contributed by atoms with Gasteiger partial charge in [0.25, 0.3) is 0 Å². The van der Waals surface area contributed by atoms with Gasteiger partial charge < -0.3 is 4.74 Å². The van der Waals surface area contributed by atoms with E-state index in [1.165, 1.54) is 16.0 Å². The second kappa shape index (κ2) is 5.02. The number of ether oxygens (including phenoxy) is 1. The van der Waals surface area contributed by atoms with Crippen molar-refractivity contribution < 1.29 is 14.3 Å². The topological polar surface area (TPSA) is 46.6 Å². The summed E-state index contributed by atoms with van der Waals surface area (Å²) in [5.74, 6) is 0.194. The molecule has 0 aromatic heterocycles. The lowest BCUT2D eigenvalue weighted by Gasteiger charge is -2.23. The van der Waals surface area contributed by atoms with Crippen LogP contribution in [0.1, 0.15) is 26.7 Å². The Kier molecular flexibility index (Phi) is 3.32. The van der Waals surface area contributed by atoms with Crippen molar-refractivity contribution in [2.24, 2.45) is 11.8 Å². The van der Waals surface area contributed by atoms with Crippen LogP contribution in [0.15, 0.2) is 35.4 Å². The standard InChI is InChI=1S/C17H19NO3/c1-10-8-14-15(9-11(10)2)17(20)18(16(14)19)12-4-6-13(21-3)7-5-12/h4-7,14-15H,8-9H2,1-3H3. The van der Waals surface area contributed by atoms with Gasteiger partial charge in [-0.1, -0.05) is 11.1 Å². The number of fused-ring (bicyclic) bond motifs is 1. The summed E-state index contributed by atoms with van der Waals surface area (Å²) >= 11 is 0. The van der Waals surface area contributed by atoms with Crippen LogP contribution >= 0.6 is 0 Å². The fourth-order valence-electron chi connectivity index (χ4n) is 3.24. The molecule has 1 fully saturated rings. The molecule has 0 N–H and O–H groups in total. The second-order valence-electron chi connectivity index (χ2n) is 5.89. The molecule has 2 unspecified atom stereocenters. The molecule has 1 aromatic carbocycles. The molecule has 1 aliphatic heterocycles. The van der Waals surface area contributed by atoms with E-state index in [0.717, 1.165) is 0 Å². The summed E-state index contributed by atoms with van der Waals surface area (Å²) in [4.78, 5) is 26.6. The Labute approximate surface area is 124 Å². The first-order chi connectivity index (χ1) is 10.0. The monoisotopic (exact) mass is 285 g/mol. The highest BCUT2D eigenvalue weighted by atomic mass is 16.5. The highest BCUT2D eigenvalue weighted by Gasteiger charge is 2.49. The van der Waals surface area contributed by atoms with E-state index in [-0.39, 0.29) is 23.7 Å². The van der Waals surface area contributed by atoms with Crippen LogP contribution in [0.2, 0.25) is 0 Å². The molecular weight excluding hydrogens is 266 g/mol. The van der Waals surface area contributed by atoms with Crippen molar-refractivity contribution in [2.75, 3.05) is 12.0 Å². The summed E-state index contributed by atoms with van der Waals surface area (Å²) in [6.07, 6.45) is 1.40. The fraction of sp³-hybridized carbons (Fsp3) is 0.412. The number of allylic oxidation sites excluding steroid dienone is 2. The molecule has 0 radical (unpaired) electrons. The maximum Gasteiger partial charge on any atom is 0.238 e. The second-order valence-corrected chi connectivity index (χ2v) is 5.89. The summed E-state index contributed by atoms with van der Waals surface area (Å²) in [5, 5.41) is 0. The smallest absolute Gasteiger partial charge is 0.238 e. The van der Waals surface area contributed by atoms with E-state index >= 15 is 0 Å². The predicted molar refractivity (Wildman–Crippen MR) is 80.1 cm³/mol. The Hall–Kier alpha value is -2.10. The van der Waals surface area contributed by atoms with Gasteiger partial charge in [-0.3, -0.25) is 14.5 Å². The van der Waals surface area contributed by atoms with Crippen LogP contribution in [-0.4, -0.2) is 18.9 Å². The van der Waals surface area contributed by atoms with Crippen molar-refractivity contribution >= 4 is 17.5 Å². The lowest BCUT2D eigenvalue weighted by atomic mass is 9.78. The number of amides is 2. The largest absolute Gasteiger partial charge is 0.497 e. The molecule has 0 saturated carbocycles. The third-order valence-corrected chi connectivity index (χ3v) is 4.67. The maximum absolute atomic E-state index is 12.6. The van der Waals surface area contributed by atoms with Gasteiger partial charge in [-0.15, -0.1) is 0 Å². The van der Waals surface area contributed by atoms with E-state index in [2.05, 4.69) is 13.8 Å². The average molecular weight is 285 g/mol. The number of imide groups is 1. The zero-order valence-corrected chi connectivity index (χ0v) is 12.6. The van der Waals surface area contributed by atoms with E-state index in [4.69, 9.17) is 4.74 Å². The van der Waals surface area contributed by atoms with Gasteiger partial charge in [0.05, 0.1) is 24.6 Å². The summed E-state index contributed by atoms with van der Waals surface area (Å²) in [7, 11) is 1.59. The summed E-state index contributed by atoms with van der Waals surface area (Å²) < 4.78 is 5.11. The molecule has 1 saturated heterocycles. The number of anilines is 1. The molecule has 2 amide bonds. The summed E-state index contributed by atoms with van der Waals surface area (Å²) in [5.41, 5.74) is 3.12.